The van der Waals surface area contributed by atoms with Crippen molar-refractivity contribution < 1.29 is 9.13 Å². The molecule has 0 atom stereocenters. The van der Waals surface area contributed by atoms with E-state index in [9.17, 15) is 4.39 Å². The van der Waals surface area contributed by atoms with Crippen molar-refractivity contribution in [3.8, 4) is 11.7 Å². The number of rotatable bonds is 3. The monoisotopic (exact) mass is 275 g/mol. The second-order valence-electron chi connectivity index (χ2n) is 3.08. The van der Waals surface area contributed by atoms with E-state index in [-0.39, 0.29) is 6.01 Å². The normalized spacial score (nSPS) is 10.6. The topological polar surface area (TPSA) is 39.9 Å². The van der Waals surface area contributed by atoms with Crippen molar-refractivity contribution in [2.75, 3.05) is 6.61 Å². The molecule has 2 aromatic rings. The van der Waals surface area contributed by atoms with Crippen molar-refractivity contribution in [1.82, 2.24) is 14.8 Å². The highest BCUT2D eigenvalue weighted by atomic mass is 35.5. The van der Waals surface area contributed by atoms with Crippen LogP contribution in [0.2, 0.25) is 10.0 Å². The van der Waals surface area contributed by atoms with Gasteiger partial charge in [-0.25, -0.2) is 0 Å². The summed E-state index contributed by atoms with van der Waals surface area (Å²) in [4.78, 5) is 3.50. The summed E-state index contributed by atoms with van der Waals surface area (Å²) in [5.74, 6) is 0. The summed E-state index contributed by atoms with van der Waals surface area (Å²) in [5.41, 5.74) is 0.343. The molecule has 4 nitrogen and oxygen atoms in total. The van der Waals surface area contributed by atoms with Crippen molar-refractivity contribution in [1.29, 1.82) is 0 Å². The van der Waals surface area contributed by atoms with Gasteiger partial charge in [0.15, 0.2) is 0 Å². The molecule has 0 bridgehead atoms. The molecule has 0 spiro atoms. The Balaban J connectivity index is 2.59. The van der Waals surface area contributed by atoms with Gasteiger partial charge in [-0.1, -0.05) is 29.3 Å². The molecule has 7 heteroatoms. The molecule has 0 radical (unpaired) electrons. The first kappa shape index (κ1) is 12.1. The highest BCUT2D eigenvalue weighted by Crippen LogP contribution is 2.30. The zero-order valence-electron chi connectivity index (χ0n) is 8.82. The lowest BCUT2D eigenvalue weighted by molar-refractivity contribution is 0.303. The molecular weight excluding hydrogens is 268 g/mol. The van der Waals surface area contributed by atoms with Gasteiger partial charge in [0.05, 0.1) is 16.7 Å². The third-order valence-corrected chi connectivity index (χ3v) is 2.58. The van der Waals surface area contributed by atoms with Gasteiger partial charge in [0.25, 0.3) is 0 Å². The van der Waals surface area contributed by atoms with Crippen LogP contribution in [0.1, 0.15) is 6.92 Å². The molecule has 0 saturated carbocycles. The molecule has 1 heterocycles. The van der Waals surface area contributed by atoms with E-state index in [0.717, 1.165) is 4.68 Å². The summed E-state index contributed by atoms with van der Waals surface area (Å²) in [6.45, 7) is 2.09. The molecule has 0 amide bonds. The van der Waals surface area contributed by atoms with Gasteiger partial charge in [0.1, 0.15) is 5.69 Å². The van der Waals surface area contributed by atoms with E-state index in [1.54, 1.807) is 25.1 Å². The van der Waals surface area contributed by atoms with Gasteiger partial charge in [0, 0.05) is 0 Å². The molecule has 2 rings (SSSR count). The smallest absolute Gasteiger partial charge is 0.330 e. The lowest BCUT2D eigenvalue weighted by Crippen LogP contribution is -2.04. The highest BCUT2D eigenvalue weighted by molar-refractivity contribution is 6.37. The van der Waals surface area contributed by atoms with Gasteiger partial charge < -0.3 is 4.74 Å². The van der Waals surface area contributed by atoms with Crippen molar-refractivity contribution in [3.05, 3.63) is 34.3 Å². The molecule has 0 saturated heterocycles. The van der Waals surface area contributed by atoms with Crippen LogP contribution in [0.3, 0.4) is 0 Å². The van der Waals surface area contributed by atoms with Crippen molar-refractivity contribution in [3.63, 3.8) is 0 Å². The van der Waals surface area contributed by atoms with Gasteiger partial charge >= 0.3 is 12.1 Å². The third kappa shape index (κ3) is 2.35. The fraction of sp³-hybridized carbons (Fsp3) is 0.200. The Morgan fingerprint density at radius 1 is 1.35 bits per heavy atom. The van der Waals surface area contributed by atoms with E-state index >= 15 is 0 Å². The second kappa shape index (κ2) is 4.89. The van der Waals surface area contributed by atoms with Gasteiger partial charge in [-0.05, 0) is 19.1 Å². The summed E-state index contributed by atoms with van der Waals surface area (Å²) in [5, 5.41) is 4.24. The Morgan fingerprint density at radius 3 is 2.59 bits per heavy atom. The number of para-hydroxylation sites is 1. The molecule has 0 fully saturated rings. The summed E-state index contributed by atoms with van der Waals surface area (Å²) < 4.78 is 19.3. The van der Waals surface area contributed by atoms with Gasteiger partial charge in [0.2, 0.25) is 0 Å². The number of hydrogen-bond donors (Lipinski definition) is 0. The maximum absolute atomic E-state index is 13.1. The zero-order valence-corrected chi connectivity index (χ0v) is 10.3. The Hall–Kier alpha value is -1.33. The Morgan fingerprint density at radius 2 is 2.00 bits per heavy atom. The minimum Gasteiger partial charge on any atom is -0.464 e. The Labute approximate surface area is 107 Å². The van der Waals surface area contributed by atoms with Crippen LogP contribution in [0.5, 0.6) is 6.01 Å². The maximum Gasteiger partial charge on any atom is 0.330 e. The summed E-state index contributed by atoms with van der Waals surface area (Å²) in [7, 11) is 0. The molecular formula is C10H8Cl2FN3O. The fourth-order valence-electron chi connectivity index (χ4n) is 1.33. The summed E-state index contributed by atoms with van der Waals surface area (Å²) >= 11 is 12.0. The van der Waals surface area contributed by atoms with Crippen LogP contribution in [-0.4, -0.2) is 21.4 Å². The van der Waals surface area contributed by atoms with Crippen LogP contribution < -0.4 is 4.74 Å². The lowest BCUT2D eigenvalue weighted by atomic mass is 10.3. The number of aromatic nitrogens is 3. The first-order chi connectivity index (χ1) is 8.13. The average Bonchev–Trinajstić information content (AvgIpc) is 2.60. The quantitative estimate of drug-likeness (QED) is 0.864. The van der Waals surface area contributed by atoms with E-state index in [0.29, 0.717) is 22.3 Å². The van der Waals surface area contributed by atoms with E-state index in [2.05, 4.69) is 10.1 Å². The molecule has 17 heavy (non-hydrogen) atoms. The van der Waals surface area contributed by atoms with E-state index < -0.39 is 6.08 Å². The molecule has 0 aliphatic heterocycles. The van der Waals surface area contributed by atoms with Crippen LogP contribution in [0.4, 0.5) is 4.39 Å². The van der Waals surface area contributed by atoms with E-state index in [4.69, 9.17) is 27.9 Å². The van der Waals surface area contributed by atoms with Crippen molar-refractivity contribution in [2.24, 2.45) is 0 Å². The molecule has 1 aromatic carbocycles. The number of halogens is 3. The average molecular weight is 276 g/mol. The van der Waals surface area contributed by atoms with Crippen LogP contribution in [0, 0.1) is 6.08 Å². The Kier molecular flexibility index (Phi) is 3.49. The summed E-state index contributed by atoms with van der Waals surface area (Å²) in [6, 6.07) is 4.94. The highest BCUT2D eigenvalue weighted by Gasteiger charge is 2.17. The molecule has 1 aromatic heterocycles. The first-order valence-corrected chi connectivity index (χ1v) is 5.58. The van der Waals surface area contributed by atoms with Crippen molar-refractivity contribution in [2.45, 2.75) is 6.92 Å². The van der Waals surface area contributed by atoms with E-state index in [1.165, 1.54) is 0 Å². The van der Waals surface area contributed by atoms with Crippen LogP contribution >= 0.6 is 23.2 Å². The van der Waals surface area contributed by atoms with Crippen LogP contribution in [-0.2, 0) is 0 Å². The summed E-state index contributed by atoms with van der Waals surface area (Å²) in [6.07, 6.45) is -0.899. The molecule has 0 unspecified atom stereocenters. The number of nitrogens with zero attached hydrogens (tertiary/aromatic N) is 3. The fourth-order valence-corrected chi connectivity index (χ4v) is 1.89. The standard InChI is InChI=1S/C10H8Cl2FN3O/c1-2-17-10-14-9(13)15-16(10)8-6(11)4-3-5-7(8)12/h3-5H,2H2,1H3. The van der Waals surface area contributed by atoms with Gasteiger partial charge in [-0.3, -0.25) is 0 Å². The predicted molar refractivity (Wildman–Crippen MR) is 62.5 cm³/mol. The molecule has 0 N–H and O–H groups in total. The third-order valence-electron chi connectivity index (χ3n) is 1.97. The first-order valence-electron chi connectivity index (χ1n) is 4.83. The van der Waals surface area contributed by atoms with Crippen LogP contribution in [0.25, 0.3) is 5.69 Å². The lowest BCUT2D eigenvalue weighted by Gasteiger charge is -2.08. The molecule has 90 valence electrons. The zero-order chi connectivity index (χ0) is 12.4. The number of benzene rings is 1. The van der Waals surface area contributed by atoms with Gasteiger partial charge in [-0.2, -0.15) is 9.07 Å². The maximum atomic E-state index is 13.1. The minimum atomic E-state index is -0.899. The number of hydrogen-bond acceptors (Lipinski definition) is 3. The molecule has 0 aliphatic carbocycles. The second-order valence-corrected chi connectivity index (χ2v) is 3.89. The van der Waals surface area contributed by atoms with Crippen molar-refractivity contribution >= 4 is 23.2 Å². The largest absolute Gasteiger partial charge is 0.464 e. The predicted octanol–water partition coefficient (Wildman–Crippen LogP) is 3.11. The van der Waals surface area contributed by atoms with E-state index in [1.807, 2.05) is 0 Å². The van der Waals surface area contributed by atoms with Gasteiger partial charge in [-0.15, -0.1) is 10.1 Å². The SMILES string of the molecule is CCOc1nc(F)nn1-c1c(Cl)cccc1Cl. The number of ether oxygens (including phenoxy) is 1. The Bertz CT molecular complexity index is 524. The van der Waals surface area contributed by atoms with Crippen LogP contribution in [0.15, 0.2) is 18.2 Å². The minimum absolute atomic E-state index is 0.0139. The molecule has 0 aliphatic rings.